The Balaban J connectivity index is 1.35. The van der Waals surface area contributed by atoms with Gasteiger partial charge in [0.05, 0.1) is 11.9 Å². The van der Waals surface area contributed by atoms with Crippen molar-refractivity contribution in [3.63, 3.8) is 0 Å². The third kappa shape index (κ3) is 4.94. The van der Waals surface area contributed by atoms with Crippen LogP contribution in [0.5, 0.6) is 11.5 Å². The standard InChI is InChI=1S/C18H19N3O4/c22-17(4-1-5-18(23)21-14-3-2-8-19-11-14)20-10-13-6-7-15-16(9-13)25-12-24-15/h2-3,6-9,11H,1,4-5,10,12H2,(H,20,22)(H,21,23). The highest BCUT2D eigenvalue weighted by atomic mass is 16.7. The van der Waals surface area contributed by atoms with Gasteiger partial charge in [-0.2, -0.15) is 0 Å². The second-order valence-electron chi connectivity index (χ2n) is 5.61. The highest BCUT2D eigenvalue weighted by Crippen LogP contribution is 2.32. The molecule has 0 saturated heterocycles. The van der Waals surface area contributed by atoms with Crippen LogP contribution in [0.2, 0.25) is 0 Å². The SMILES string of the molecule is O=C(CCCC(=O)Nc1cccnc1)NCc1ccc2c(c1)OCO2. The van der Waals surface area contributed by atoms with Gasteiger partial charge in [-0.3, -0.25) is 14.6 Å². The van der Waals surface area contributed by atoms with Gasteiger partial charge in [0.1, 0.15) is 0 Å². The van der Waals surface area contributed by atoms with Crippen molar-refractivity contribution in [1.29, 1.82) is 0 Å². The minimum atomic E-state index is -0.128. The van der Waals surface area contributed by atoms with Gasteiger partial charge in [-0.25, -0.2) is 0 Å². The number of rotatable bonds is 7. The molecule has 1 aromatic heterocycles. The van der Waals surface area contributed by atoms with Crippen LogP contribution < -0.4 is 20.1 Å². The number of hydrogen-bond donors (Lipinski definition) is 2. The van der Waals surface area contributed by atoms with E-state index in [1.807, 2.05) is 18.2 Å². The van der Waals surface area contributed by atoms with E-state index in [4.69, 9.17) is 9.47 Å². The van der Waals surface area contributed by atoms with E-state index in [1.54, 1.807) is 24.5 Å². The summed E-state index contributed by atoms with van der Waals surface area (Å²) in [5.74, 6) is 1.19. The quantitative estimate of drug-likeness (QED) is 0.806. The summed E-state index contributed by atoms with van der Waals surface area (Å²) in [4.78, 5) is 27.6. The molecule has 130 valence electrons. The average molecular weight is 341 g/mol. The number of benzene rings is 1. The second kappa shape index (κ2) is 8.14. The highest BCUT2D eigenvalue weighted by molar-refractivity contribution is 5.90. The minimum Gasteiger partial charge on any atom is -0.454 e. The molecule has 0 atom stereocenters. The number of pyridine rings is 1. The minimum absolute atomic E-state index is 0.0909. The van der Waals surface area contributed by atoms with Crippen molar-refractivity contribution in [2.45, 2.75) is 25.8 Å². The number of carbonyl (C=O) groups excluding carboxylic acids is 2. The summed E-state index contributed by atoms with van der Waals surface area (Å²) in [6, 6.07) is 9.08. The fourth-order valence-corrected chi connectivity index (χ4v) is 2.41. The topological polar surface area (TPSA) is 89.6 Å². The van der Waals surface area contributed by atoms with Gasteiger partial charge in [-0.15, -0.1) is 0 Å². The lowest BCUT2D eigenvalue weighted by Gasteiger charge is -2.07. The maximum absolute atomic E-state index is 11.9. The van der Waals surface area contributed by atoms with Crippen LogP contribution in [0.15, 0.2) is 42.7 Å². The Kier molecular flexibility index (Phi) is 5.46. The lowest BCUT2D eigenvalue weighted by atomic mass is 10.2. The van der Waals surface area contributed by atoms with Gasteiger partial charge in [0.15, 0.2) is 11.5 Å². The van der Waals surface area contributed by atoms with E-state index in [2.05, 4.69) is 15.6 Å². The Bertz CT molecular complexity index is 749. The zero-order valence-electron chi connectivity index (χ0n) is 13.7. The molecule has 0 radical (unpaired) electrons. The van der Waals surface area contributed by atoms with Crippen LogP contribution in [0, 0.1) is 0 Å². The molecule has 0 unspecified atom stereocenters. The highest BCUT2D eigenvalue weighted by Gasteiger charge is 2.13. The van der Waals surface area contributed by atoms with E-state index in [0.29, 0.717) is 30.8 Å². The molecule has 7 heteroatoms. The van der Waals surface area contributed by atoms with Crippen LogP contribution in [0.1, 0.15) is 24.8 Å². The first-order valence-electron chi connectivity index (χ1n) is 8.06. The molecule has 0 saturated carbocycles. The maximum Gasteiger partial charge on any atom is 0.231 e. The Hall–Kier alpha value is -3.09. The molecule has 25 heavy (non-hydrogen) atoms. The Labute approximate surface area is 145 Å². The van der Waals surface area contributed by atoms with Gasteiger partial charge < -0.3 is 20.1 Å². The van der Waals surface area contributed by atoms with Gasteiger partial charge >= 0.3 is 0 Å². The van der Waals surface area contributed by atoms with Crippen molar-refractivity contribution in [3.05, 3.63) is 48.3 Å². The van der Waals surface area contributed by atoms with Crippen molar-refractivity contribution < 1.29 is 19.1 Å². The van der Waals surface area contributed by atoms with Crippen molar-refractivity contribution in [2.24, 2.45) is 0 Å². The van der Waals surface area contributed by atoms with Gasteiger partial charge in [-0.1, -0.05) is 6.07 Å². The van der Waals surface area contributed by atoms with Gasteiger partial charge in [-0.05, 0) is 36.2 Å². The van der Waals surface area contributed by atoms with Gasteiger partial charge in [0.25, 0.3) is 0 Å². The van der Waals surface area contributed by atoms with E-state index in [-0.39, 0.29) is 25.0 Å². The van der Waals surface area contributed by atoms with E-state index in [1.165, 1.54) is 0 Å². The largest absolute Gasteiger partial charge is 0.454 e. The van der Waals surface area contributed by atoms with Crippen LogP contribution in [-0.4, -0.2) is 23.6 Å². The molecule has 0 bridgehead atoms. The number of aromatic nitrogens is 1. The van der Waals surface area contributed by atoms with Crippen molar-refractivity contribution >= 4 is 17.5 Å². The summed E-state index contributed by atoms with van der Waals surface area (Å²) in [6.45, 7) is 0.642. The Morgan fingerprint density at radius 3 is 2.76 bits per heavy atom. The first kappa shape index (κ1) is 16.8. The Morgan fingerprint density at radius 2 is 1.92 bits per heavy atom. The fourth-order valence-electron chi connectivity index (χ4n) is 2.41. The molecule has 1 aromatic carbocycles. The average Bonchev–Trinajstić information content (AvgIpc) is 3.08. The zero-order chi connectivity index (χ0) is 17.5. The van der Waals surface area contributed by atoms with Crippen LogP contribution in [0.25, 0.3) is 0 Å². The molecular weight excluding hydrogens is 322 g/mol. The zero-order valence-corrected chi connectivity index (χ0v) is 13.7. The predicted molar refractivity (Wildman–Crippen MR) is 91.1 cm³/mol. The molecule has 2 aromatic rings. The number of nitrogens with zero attached hydrogens (tertiary/aromatic N) is 1. The smallest absolute Gasteiger partial charge is 0.231 e. The molecule has 2 heterocycles. The number of hydrogen-bond acceptors (Lipinski definition) is 5. The second-order valence-corrected chi connectivity index (χ2v) is 5.61. The first-order chi connectivity index (χ1) is 12.2. The normalized spacial score (nSPS) is 11.8. The monoisotopic (exact) mass is 341 g/mol. The summed E-state index contributed by atoms with van der Waals surface area (Å²) < 4.78 is 10.5. The summed E-state index contributed by atoms with van der Waals surface area (Å²) in [5.41, 5.74) is 1.59. The number of carbonyl (C=O) groups is 2. The predicted octanol–water partition coefficient (Wildman–Crippen LogP) is 2.24. The van der Waals surface area contributed by atoms with E-state index >= 15 is 0 Å². The lowest BCUT2D eigenvalue weighted by molar-refractivity contribution is -0.121. The molecule has 2 amide bonds. The molecule has 0 aliphatic carbocycles. The lowest BCUT2D eigenvalue weighted by Crippen LogP contribution is -2.23. The Morgan fingerprint density at radius 1 is 1.08 bits per heavy atom. The van der Waals surface area contributed by atoms with Crippen LogP contribution in [0.3, 0.4) is 0 Å². The first-order valence-corrected chi connectivity index (χ1v) is 8.06. The third-order valence-corrected chi connectivity index (χ3v) is 3.68. The fraction of sp³-hybridized carbons (Fsp3) is 0.278. The third-order valence-electron chi connectivity index (χ3n) is 3.68. The van der Waals surface area contributed by atoms with E-state index in [0.717, 1.165) is 11.3 Å². The molecule has 1 aliphatic heterocycles. The molecule has 1 aliphatic rings. The molecular formula is C18H19N3O4. The molecule has 3 rings (SSSR count). The summed E-state index contributed by atoms with van der Waals surface area (Å²) in [5, 5.41) is 5.58. The molecule has 0 spiro atoms. The number of ether oxygens (including phenoxy) is 2. The van der Waals surface area contributed by atoms with Crippen LogP contribution in [0.4, 0.5) is 5.69 Å². The summed E-state index contributed by atoms with van der Waals surface area (Å²) in [7, 11) is 0. The van der Waals surface area contributed by atoms with Crippen molar-refractivity contribution in [1.82, 2.24) is 10.3 Å². The van der Waals surface area contributed by atoms with Crippen LogP contribution in [-0.2, 0) is 16.1 Å². The maximum atomic E-state index is 11.9. The molecule has 7 nitrogen and oxygen atoms in total. The number of anilines is 1. The van der Waals surface area contributed by atoms with E-state index in [9.17, 15) is 9.59 Å². The molecule has 2 N–H and O–H groups in total. The molecule has 0 fully saturated rings. The number of nitrogens with one attached hydrogen (secondary N) is 2. The van der Waals surface area contributed by atoms with Crippen LogP contribution >= 0.6 is 0 Å². The van der Waals surface area contributed by atoms with E-state index < -0.39 is 0 Å². The summed E-state index contributed by atoms with van der Waals surface area (Å²) in [6.07, 6.45) is 4.28. The van der Waals surface area contributed by atoms with Crippen molar-refractivity contribution in [3.8, 4) is 11.5 Å². The number of amides is 2. The van der Waals surface area contributed by atoms with Gasteiger partial charge in [0.2, 0.25) is 18.6 Å². The van der Waals surface area contributed by atoms with Crippen molar-refractivity contribution in [2.75, 3.05) is 12.1 Å². The number of fused-ring (bicyclic) bond motifs is 1. The van der Waals surface area contributed by atoms with Gasteiger partial charge in [0, 0.05) is 25.6 Å². The summed E-state index contributed by atoms with van der Waals surface area (Å²) >= 11 is 0.